The van der Waals surface area contributed by atoms with Crippen LogP contribution >= 0.6 is 0 Å². The first-order valence-electron chi connectivity index (χ1n) is 7.37. The third kappa shape index (κ3) is 4.07. The smallest absolute Gasteiger partial charge is 0.307 e. The van der Waals surface area contributed by atoms with Crippen molar-refractivity contribution in [3.05, 3.63) is 29.8 Å². The second-order valence-electron chi connectivity index (χ2n) is 5.13. The maximum atomic E-state index is 11.9. The largest absolute Gasteiger partial charge is 0.469 e. The second kappa shape index (κ2) is 7.59. The number of carbonyl (C=O) groups excluding carboxylic acids is 3. The van der Waals surface area contributed by atoms with E-state index in [1.807, 2.05) is 0 Å². The maximum absolute atomic E-state index is 11.9. The number of hydrogen-bond donors (Lipinski definition) is 1. The molecule has 1 aromatic carbocycles. The number of anilines is 1. The number of nitrogens with one attached hydrogen (secondary N) is 1. The Morgan fingerprint density at radius 2 is 1.95 bits per heavy atom. The molecule has 6 nitrogen and oxygen atoms in total. The molecule has 1 N–H and O–H groups in total. The van der Waals surface area contributed by atoms with E-state index in [1.54, 1.807) is 29.2 Å². The molecule has 1 aliphatic heterocycles. The molecule has 0 radical (unpaired) electrons. The molecule has 2 rings (SSSR count). The zero-order valence-electron chi connectivity index (χ0n) is 12.6. The van der Waals surface area contributed by atoms with Crippen LogP contribution in [0.25, 0.3) is 0 Å². The topological polar surface area (TPSA) is 75.7 Å². The molecule has 22 heavy (non-hydrogen) atoms. The summed E-state index contributed by atoms with van der Waals surface area (Å²) in [6.45, 7) is 0.960. The summed E-state index contributed by atoms with van der Waals surface area (Å²) in [7, 11) is 1.31. The van der Waals surface area contributed by atoms with Gasteiger partial charge in [0.25, 0.3) is 5.91 Å². The Bertz CT molecular complexity index is 554. The van der Waals surface area contributed by atoms with Gasteiger partial charge in [0.05, 0.1) is 13.5 Å². The fourth-order valence-corrected chi connectivity index (χ4v) is 2.35. The molecule has 6 heteroatoms. The van der Waals surface area contributed by atoms with Crippen LogP contribution in [0, 0.1) is 0 Å². The van der Waals surface area contributed by atoms with Crippen LogP contribution in [0.1, 0.15) is 36.0 Å². The van der Waals surface area contributed by atoms with Gasteiger partial charge in [-0.3, -0.25) is 14.4 Å². The number of hydrogen-bond acceptors (Lipinski definition) is 4. The van der Waals surface area contributed by atoms with Crippen molar-refractivity contribution in [2.24, 2.45) is 0 Å². The van der Waals surface area contributed by atoms with Gasteiger partial charge in [-0.05, 0) is 37.1 Å². The number of amides is 2. The van der Waals surface area contributed by atoms with Gasteiger partial charge in [-0.1, -0.05) is 0 Å². The van der Waals surface area contributed by atoms with Gasteiger partial charge in [0.2, 0.25) is 5.91 Å². The zero-order chi connectivity index (χ0) is 15.9. The van der Waals surface area contributed by atoms with Crippen molar-refractivity contribution in [1.29, 1.82) is 0 Å². The highest BCUT2D eigenvalue weighted by atomic mass is 16.5. The molecule has 0 aliphatic carbocycles. The van der Waals surface area contributed by atoms with Crippen molar-refractivity contribution in [2.75, 3.05) is 25.1 Å². The van der Waals surface area contributed by atoms with Crippen LogP contribution in [0.2, 0.25) is 0 Å². The summed E-state index contributed by atoms with van der Waals surface area (Å²) in [5, 5.41) is 2.65. The quantitative estimate of drug-likeness (QED) is 0.836. The van der Waals surface area contributed by atoms with E-state index in [0.29, 0.717) is 12.0 Å². The Kier molecular flexibility index (Phi) is 5.52. The normalized spacial score (nSPS) is 14.6. The van der Waals surface area contributed by atoms with Crippen LogP contribution in [0.3, 0.4) is 0 Å². The van der Waals surface area contributed by atoms with E-state index in [0.717, 1.165) is 25.1 Å². The first kappa shape index (κ1) is 16.0. The summed E-state index contributed by atoms with van der Waals surface area (Å²) < 4.78 is 4.50. The average molecular weight is 304 g/mol. The highest BCUT2D eigenvalue weighted by molar-refractivity contribution is 5.97. The summed E-state index contributed by atoms with van der Waals surface area (Å²) in [6.07, 6.45) is 2.66. The summed E-state index contributed by atoms with van der Waals surface area (Å²) in [5.41, 5.74) is 1.31. The third-order valence-corrected chi connectivity index (χ3v) is 3.61. The van der Waals surface area contributed by atoms with Gasteiger partial charge >= 0.3 is 5.97 Å². The fraction of sp³-hybridized carbons (Fsp3) is 0.438. The van der Waals surface area contributed by atoms with Gasteiger partial charge < -0.3 is 15.0 Å². The lowest BCUT2D eigenvalue weighted by atomic mass is 10.1. The Morgan fingerprint density at radius 3 is 2.59 bits per heavy atom. The lowest BCUT2D eigenvalue weighted by Crippen LogP contribution is -2.35. The first-order valence-corrected chi connectivity index (χ1v) is 7.37. The van der Waals surface area contributed by atoms with E-state index >= 15 is 0 Å². The minimum absolute atomic E-state index is 0.126. The maximum Gasteiger partial charge on any atom is 0.307 e. The van der Waals surface area contributed by atoms with Gasteiger partial charge in [0.15, 0.2) is 0 Å². The summed E-state index contributed by atoms with van der Waals surface area (Å²) in [6, 6.07) is 6.92. The number of ether oxygens (including phenoxy) is 1. The van der Waals surface area contributed by atoms with Crippen molar-refractivity contribution >= 4 is 23.5 Å². The number of rotatable bonds is 5. The molecule has 0 unspecified atom stereocenters. The molecular weight excluding hydrogens is 284 g/mol. The van der Waals surface area contributed by atoms with Gasteiger partial charge in [-0.15, -0.1) is 0 Å². The Hall–Kier alpha value is -2.37. The monoisotopic (exact) mass is 304 g/mol. The van der Waals surface area contributed by atoms with Gasteiger partial charge in [-0.25, -0.2) is 0 Å². The van der Waals surface area contributed by atoms with E-state index in [4.69, 9.17) is 0 Å². The predicted molar refractivity (Wildman–Crippen MR) is 81.6 cm³/mol. The second-order valence-corrected chi connectivity index (χ2v) is 5.13. The minimum Gasteiger partial charge on any atom is -0.469 e. The summed E-state index contributed by atoms with van der Waals surface area (Å²) in [4.78, 5) is 36.5. The molecule has 1 aliphatic rings. The fourth-order valence-electron chi connectivity index (χ4n) is 2.35. The molecule has 2 amide bonds. The molecule has 1 saturated heterocycles. The molecule has 0 atom stereocenters. The number of piperidine rings is 1. The van der Waals surface area contributed by atoms with Gasteiger partial charge in [0, 0.05) is 30.8 Å². The number of benzene rings is 1. The highest BCUT2D eigenvalue weighted by Gasteiger charge is 2.19. The molecule has 1 aromatic rings. The van der Waals surface area contributed by atoms with Crippen LogP contribution in [-0.2, 0) is 14.3 Å². The molecule has 1 fully saturated rings. The Balaban J connectivity index is 1.92. The summed E-state index contributed by atoms with van der Waals surface area (Å²) in [5.74, 6) is -0.485. The molecular formula is C16H20N2O4. The third-order valence-electron chi connectivity index (χ3n) is 3.61. The number of esters is 1. The van der Waals surface area contributed by atoms with Crippen LogP contribution < -0.4 is 10.2 Å². The van der Waals surface area contributed by atoms with Crippen LogP contribution in [0.5, 0.6) is 0 Å². The molecule has 0 spiro atoms. The van der Waals surface area contributed by atoms with E-state index < -0.39 is 0 Å². The van der Waals surface area contributed by atoms with E-state index in [1.165, 1.54) is 7.11 Å². The van der Waals surface area contributed by atoms with Gasteiger partial charge in [0.1, 0.15) is 0 Å². The van der Waals surface area contributed by atoms with Gasteiger partial charge in [-0.2, -0.15) is 0 Å². The number of methoxy groups -OCH3 is 1. The highest BCUT2D eigenvalue weighted by Crippen LogP contribution is 2.21. The van der Waals surface area contributed by atoms with Crippen molar-refractivity contribution in [3.8, 4) is 0 Å². The standard InChI is InChI=1S/C16H20N2O4/c1-22-15(20)9-10-17-16(21)12-5-7-13(8-6-12)18-11-3-2-4-14(18)19/h5-8H,2-4,9-11H2,1H3,(H,17,21). The van der Waals surface area contributed by atoms with Crippen molar-refractivity contribution in [1.82, 2.24) is 5.32 Å². The molecule has 118 valence electrons. The average Bonchev–Trinajstić information content (AvgIpc) is 2.55. The Morgan fingerprint density at radius 1 is 1.23 bits per heavy atom. The molecule has 0 aromatic heterocycles. The number of nitrogens with zero attached hydrogens (tertiary/aromatic N) is 1. The molecule has 0 saturated carbocycles. The number of carbonyl (C=O) groups is 3. The molecule has 1 heterocycles. The SMILES string of the molecule is COC(=O)CCNC(=O)c1ccc(N2CCCCC2=O)cc1. The lowest BCUT2D eigenvalue weighted by molar-refractivity contribution is -0.140. The van der Waals surface area contributed by atoms with Crippen molar-refractivity contribution in [3.63, 3.8) is 0 Å². The van der Waals surface area contributed by atoms with Crippen LogP contribution in [0.15, 0.2) is 24.3 Å². The van der Waals surface area contributed by atoms with Crippen molar-refractivity contribution < 1.29 is 19.1 Å². The zero-order valence-corrected chi connectivity index (χ0v) is 12.6. The van der Waals surface area contributed by atoms with Crippen LogP contribution in [-0.4, -0.2) is 38.0 Å². The lowest BCUT2D eigenvalue weighted by Gasteiger charge is -2.26. The Labute approximate surface area is 129 Å². The first-order chi connectivity index (χ1) is 10.6. The molecule has 0 bridgehead atoms. The minimum atomic E-state index is -0.362. The van der Waals surface area contributed by atoms with E-state index in [-0.39, 0.29) is 30.7 Å². The van der Waals surface area contributed by atoms with Crippen LogP contribution in [0.4, 0.5) is 5.69 Å². The van der Waals surface area contributed by atoms with E-state index in [9.17, 15) is 14.4 Å². The summed E-state index contributed by atoms with van der Waals surface area (Å²) >= 11 is 0. The van der Waals surface area contributed by atoms with E-state index in [2.05, 4.69) is 10.1 Å². The van der Waals surface area contributed by atoms with Crippen molar-refractivity contribution in [2.45, 2.75) is 25.7 Å². The predicted octanol–water partition coefficient (Wildman–Crippen LogP) is 1.50.